The highest BCUT2D eigenvalue weighted by Crippen LogP contribution is 2.26. The number of carboxylic acid groups (broad SMARTS) is 1. The van der Waals surface area contributed by atoms with E-state index in [0.29, 0.717) is 17.0 Å². The van der Waals surface area contributed by atoms with Gasteiger partial charge in [-0.2, -0.15) is 0 Å². The van der Waals surface area contributed by atoms with Crippen molar-refractivity contribution in [2.24, 2.45) is 0 Å². The maximum absolute atomic E-state index is 12.9. The standard InChI is InChI=1S/C23H16N2O6/c1-13-4-2-7-16(10-13)25-21(27)18(20(26)24-23(25)30)12-17-8-9-19(31-17)14-5-3-6-15(11-14)22(28)29/h2-12H,1H3,(H,28,29)(H,24,26,30)/b18-12-. The fourth-order valence-corrected chi connectivity index (χ4v) is 3.19. The summed E-state index contributed by atoms with van der Waals surface area (Å²) in [5.41, 5.74) is 1.55. The van der Waals surface area contributed by atoms with Crippen LogP contribution in [0.5, 0.6) is 0 Å². The first-order chi connectivity index (χ1) is 14.8. The van der Waals surface area contributed by atoms with Gasteiger partial charge in [0.05, 0.1) is 11.3 Å². The molecular weight excluding hydrogens is 400 g/mol. The Labute approximate surface area is 176 Å². The zero-order valence-corrected chi connectivity index (χ0v) is 16.3. The SMILES string of the molecule is Cc1cccc(N2C(=O)NC(=O)/C(=C/c3ccc(-c4cccc(C(=O)O)c4)o3)C2=O)c1. The van der Waals surface area contributed by atoms with Crippen molar-refractivity contribution in [3.8, 4) is 11.3 Å². The van der Waals surface area contributed by atoms with Crippen molar-refractivity contribution >= 4 is 35.6 Å². The fourth-order valence-electron chi connectivity index (χ4n) is 3.19. The Morgan fingerprint density at radius 2 is 1.81 bits per heavy atom. The first kappa shape index (κ1) is 19.8. The second-order valence-corrected chi connectivity index (χ2v) is 6.88. The Kier molecular flexibility index (Phi) is 4.96. The van der Waals surface area contributed by atoms with Crippen molar-refractivity contribution < 1.29 is 28.7 Å². The van der Waals surface area contributed by atoms with Gasteiger partial charge in [0.15, 0.2) is 0 Å². The number of nitrogens with one attached hydrogen (secondary N) is 1. The summed E-state index contributed by atoms with van der Waals surface area (Å²) in [5, 5.41) is 11.3. The van der Waals surface area contributed by atoms with Crippen molar-refractivity contribution in [2.75, 3.05) is 4.90 Å². The minimum Gasteiger partial charge on any atom is -0.478 e. The minimum absolute atomic E-state index is 0.1000. The minimum atomic E-state index is -1.07. The zero-order valence-electron chi connectivity index (χ0n) is 16.3. The molecule has 0 spiro atoms. The third-order valence-corrected chi connectivity index (χ3v) is 4.67. The average Bonchev–Trinajstić information content (AvgIpc) is 3.20. The number of aryl methyl sites for hydroxylation is 1. The highest BCUT2D eigenvalue weighted by molar-refractivity contribution is 6.39. The topological polar surface area (TPSA) is 117 Å². The maximum atomic E-state index is 12.9. The van der Waals surface area contributed by atoms with E-state index in [0.717, 1.165) is 10.5 Å². The second-order valence-electron chi connectivity index (χ2n) is 6.88. The number of urea groups is 1. The Hall–Kier alpha value is -4.46. The van der Waals surface area contributed by atoms with Gasteiger partial charge in [0.2, 0.25) is 0 Å². The second kappa shape index (κ2) is 7.75. The Balaban J connectivity index is 1.67. The molecule has 0 saturated carbocycles. The van der Waals surface area contributed by atoms with Gasteiger partial charge < -0.3 is 9.52 Å². The summed E-state index contributed by atoms with van der Waals surface area (Å²) in [6.07, 6.45) is 1.25. The predicted molar refractivity (Wildman–Crippen MR) is 111 cm³/mol. The van der Waals surface area contributed by atoms with E-state index < -0.39 is 23.8 Å². The number of furan rings is 1. The molecule has 8 nitrogen and oxygen atoms in total. The number of nitrogens with zero attached hydrogens (tertiary/aromatic N) is 1. The average molecular weight is 416 g/mol. The number of hydrogen-bond donors (Lipinski definition) is 2. The predicted octanol–water partition coefficient (Wildman–Crippen LogP) is 3.62. The molecule has 3 aromatic rings. The van der Waals surface area contributed by atoms with E-state index in [-0.39, 0.29) is 16.9 Å². The highest BCUT2D eigenvalue weighted by atomic mass is 16.4. The third-order valence-electron chi connectivity index (χ3n) is 4.67. The van der Waals surface area contributed by atoms with Gasteiger partial charge in [-0.05, 0) is 55.0 Å². The van der Waals surface area contributed by atoms with Gasteiger partial charge >= 0.3 is 12.0 Å². The number of carboxylic acids is 1. The number of benzene rings is 2. The molecule has 0 radical (unpaired) electrons. The van der Waals surface area contributed by atoms with Crippen LogP contribution in [-0.4, -0.2) is 28.9 Å². The van der Waals surface area contributed by atoms with Gasteiger partial charge in [-0.15, -0.1) is 0 Å². The lowest BCUT2D eigenvalue weighted by Crippen LogP contribution is -2.54. The lowest BCUT2D eigenvalue weighted by molar-refractivity contribution is -0.122. The van der Waals surface area contributed by atoms with Crippen LogP contribution >= 0.6 is 0 Å². The van der Waals surface area contributed by atoms with Crippen LogP contribution in [0.1, 0.15) is 21.7 Å². The summed E-state index contributed by atoms with van der Waals surface area (Å²) >= 11 is 0. The zero-order chi connectivity index (χ0) is 22.1. The van der Waals surface area contributed by atoms with Gasteiger partial charge in [0.1, 0.15) is 17.1 Å². The monoisotopic (exact) mass is 416 g/mol. The molecule has 2 heterocycles. The van der Waals surface area contributed by atoms with Crippen molar-refractivity contribution in [1.29, 1.82) is 0 Å². The summed E-state index contributed by atoms with van der Waals surface area (Å²) in [7, 11) is 0. The van der Waals surface area contributed by atoms with Gasteiger partial charge in [-0.1, -0.05) is 24.3 Å². The van der Waals surface area contributed by atoms with Crippen molar-refractivity contribution in [3.05, 3.63) is 83.1 Å². The van der Waals surface area contributed by atoms with Crippen LogP contribution in [0.3, 0.4) is 0 Å². The summed E-state index contributed by atoms with van der Waals surface area (Å²) in [6.45, 7) is 1.82. The number of imide groups is 2. The first-order valence-corrected chi connectivity index (χ1v) is 9.25. The van der Waals surface area contributed by atoms with Crippen molar-refractivity contribution in [3.63, 3.8) is 0 Å². The lowest BCUT2D eigenvalue weighted by Gasteiger charge is -2.26. The number of carbonyl (C=O) groups excluding carboxylic acids is 3. The fraction of sp³-hybridized carbons (Fsp3) is 0.0435. The van der Waals surface area contributed by atoms with E-state index in [1.54, 1.807) is 42.5 Å². The van der Waals surface area contributed by atoms with Gasteiger partial charge in [0, 0.05) is 5.56 Å². The largest absolute Gasteiger partial charge is 0.478 e. The van der Waals surface area contributed by atoms with E-state index in [1.165, 1.54) is 18.2 Å². The van der Waals surface area contributed by atoms with Gasteiger partial charge in [0.25, 0.3) is 11.8 Å². The van der Waals surface area contributed by atoms with Crippen LogP contribution in [0.25, 0.3) is 17.4 Å². The number of barbiturate groups is 1. The quantitative estimate of drug-likeness (QED) is 0.496. The van der Waals surface area contributed by atoms with E-state index in [9.17, 15) is 19.2 Å². The van der Waals surface area contributed by atoms with E-state index in [2.05, 4.69) is 5.32 Å². The van der Waals surface area contributed by atoms with E-state index in [4.69, 9.17) is 9.52 Å². The number of hydrogen-bond acceptors (Lipinski definition) is 5. The van der Waals surface area contributed by atoms with Crippen LogP contribution in [0, 0.1) is 6.92 Å². The highest BCUT2D eigenvalue weighted by Gasteiger charge is 2.37. The molecule has 0 atom stereocenters. The van der Waals surface area contributed by atoms with Crippen LogP contribution in [0.2, 0.25) is 0 Å². The van der Waals surface area contributed by atoms with Gasteiger partial charge in [-0.25, -0.2) is 14.5 Å². The molecule has 1 aliphatic heterocycles. The molecule has 2 N–H and O–H groups in total. The molecule has 2 aromatic carbocycles. The van der Waals surface area contributed by atoms with E-state index >= 15 is 0 Å². The van der Waals surface area contributed by atoms with Crippen molar-refractivity contribution in [2.45, 2.75) is 6.92 Å². The Bertz CT molecular complexity index is 1270. The van der Waals surface area contributed by atoms with E-state index in [1.807, 2.05) is 13.0 Å². The number of amides is 4. The molecule has 1 aromatic heterocycles. The normalized spacial score (nSPS) is 15.3. The number of aromatic carboxylic acids is 1. The number of anilines is 1. The Morgan fingerprint density at radius 1 is 1.03 bits per heavy atom. The summed E-state index contributed by atoms with van der Waals surface area (Å²) in [4.78, 5) is 49.6. The smallest absolute Gasteiger partial charge is 0.335 e. The summed E-state index contributed by atoms with van der Waals surface area (Å²) < 4.78 is 5.69. The molecular formula is C23H16N2O6. The molecule has 1 fully saturated rings. The molecule has 0 unspecified atom stereocenters. The molecule has 0 bridgehead atoms. The molecule has 4 amide bonds. The molecule has 1 saturated heterocycles. The van der Waals surface area contributed by atoms with Crippen LogP contribution in [0.15, 0.2) is 70.7 Å². The van der Waals surface area contributed by atoms with Crippen LogP contribution in [-0.2, 0) is 9.59 Å². The molecule has 4 rings (SSSR count). The molecule has 8 heteroatoms. The van der Waals surface area contributed by atoms with Crippen LogP contribution in [0.4, 0.5) is 10.5 Å². The number of carbonyl (C=O) groups is 4. The third kappa shape index (κ3) is 3.86. The maximum Gasteiger partial charge on any atom is 0.335 e. The van der Waals surface area contributed by atoms with Crippen LogP contribution < -0.4 is 10.2 Å². The molecule has 154 valence electrons. The summed E-state index contributed by atoms with van der Waals surface area (Å²) in [5.74, 6) is -2.10. The van der Waals surface area contributed by atoms with Gasteiger partial charge in [-0.3, -0.25) is 14.9 Å². The molecule has 31 heavy (non-hydrogen) atoms. The summed E-state index contributed by atoms with van der Waals surface area (Å²) in [6, 6.07) is 15.3. The Morgan fingerprint density at radius 3 is 2.55 bits per heavy atom. The van der Waals surface area contributed by atoms with Crippen molar-refractivity contribution in [1.82, 2.24) is 5.32 Å². The molecule has 0 aliphatic carbocycles. The first-order valence-electron chi connectivity index (χ1n) is 9.25. The number of rotatable bonds is 4. The lowest BCUT2D eigenvalue weighted by atomic mass is 10.1. The molecule has 1 aliphatic rings.